The summed E-state index contributed by atoms with van der Waals surface area (Å²) in [6.45, 7) is 2.55. The molecule has 0 unspecified atom stereocenters. The molecule has 1 amide bonds. The van der Waals surface area contributed by atoms with Gasteiger partial charge in [-0.1, -0.05) is 29.8 Å². The average Bonchev–Trinajstić information content (AvgIpc) is 3.09. The standard InChI is InChI=1S/C24H17I3N2O2S/c1-14-2-8-18(9-3-14)28-24-29-23(30)21(32-24)12-16-10-19(26)22(20(27)11-16)31-13-15-4-6-17(25)7-5-15/h2-12H,13H2,1H3,(H,28,29,30)/b21-12+. The Morgan fingerprint density at radius 3 is 2.31 bits per heavy atom. The van der Waals surface area contributed by atoms with Crippen LogP contribution in [0.5, 0.6) is 5.75 Å². The van der Waals surface area contributed by atoms with Crippen LogP contribution in [0.15, 0.2) is 70.6 Å². The monoisotopic (exact) mass is 778 g/mol. The number of thioether (sulfide) groups is 1. The van der Waals surface area contributed by atoms with Crippen molar-refractivity contribution in [2.24, 2.45) is 4.99 Å². The highest BCUT2D eigenvalue weighted by Crippen LogP contribution is 2.33. The minimum absolute atomic E-state index is 0.134. The van der Waals surface area contributed by atoms with Crippen molar-refractivity contribution in [2.45, 2.75) is 13.5 Å². The topological polar surface area (TPSA) is 50.7 Å². The summed E-state index contributed by atoms with van der Waals surface area (Å²) in [7, 11) is 0. The number of rotatable bonds is 5. The quantitative estimate of drug-likeness (QED) is 0.219. The second kappa shape index (κ2) is 10.9. The summed E-state index contributed by atoms with van der Waals surface area (Å²) in [5.41, 5.74) is 4.07. The molecular formula is C24H17I3N2O2S. The molecular weight excluding hydrogens is 761 g/mol. The largest absolute Gasteiger partial charge is 0.487 e. The fraction of sp³-hybridized carbons (Fsp3) is 0.0833. The van der Waals surface area contributed by atoms with E-state index in [2.05, 4.69) is 102 Å². The second-order valence-electron chi connectivity index (χ2n) is 7.05. The molecule has 0 spiro atoms. The first-order chi connectivity index (χ1) is 15.4. The molecule has 1 heterocycles. The van der Waals surface area contributed by atoms with E-state index in [0.29, 0.717) is 16.7 Å². The fourth-order valence-corrected chi connectivity index (χ4v) is 6.23. The van der Waals surface area contributed by atoms with Crippen LogP contribution in [0.4, 0.5) is 5.69 Å². The van der Waals surface area contributed by atoms with E-state index < -0.39 is 0 Å². The lowest BCUT2D eigenvalue weighted by Crippen LogP contribution is -2.19. The highest BCUT2D eigenvalue weighted by Gasteiger charge is 2.24. The first-order valence-corrected chi connectivity index (χ1v) is 13.7. The van der Waals surface area contributed by atoms with Crippen molar-refractivity contribution in [1.82, 2.24) is 5.32 Å². The van der Waals surface area contributed by atoms with Gasteiger partial charge in [-0.05, 0) is 140 Å². The zero-order chi connectivity index (χ0) is 22.7. The molecule has 0 bridgehead atoms. The van der Waals surface area contributed by atoms with E-state index in [1.54, 1.807) is 0 Å². The van der Waals surface area contributed by atoms with Crippen molar-refractivity contribution in [3.05, 3.63) is 93.0 Å². The third-order valence-electron chi connectivity index (χ3n) is 4.53. The molecule has 3 aromatic carbocycles. The van der Waals surface area contributed by atoms with Gasteiger partial charge in [0.1, 0.15) is 12.4 Å². The molecule has 1 saturated heterocycles. The Bertz CT molecular complexity index is 1200. The lowest BCUT2D eigenvalue weighted by Gasteiger charge is -2.12. The Hall–Kier alpha value is -1.12. The van der Waals surface area contributed by atoms with Crippen LogP contribution in [0.1, 0.15) is 16.7 Å². The van der Waals surface area contributed by atoms with Gasteiger partial charge in [-0.25, -0.2) is 4.99 Å². The maximum atomic E-state index is 12.4. The van der Waals surface area contributed by atoms with E-state index in [-0.39, 0.29) is 5.91 Å². The maximum absolute atomic E-state index is 12.4. The number of ether oxygens (including phenoxy) is 1. The number of hydrogen-bond donors (Lipinski definition) is 1. The van der Waals surface area contributed by atoms with E-state index in [9.17, 15) is 4.79 Å². The van der Waals surface area contributed by atoms with Crippen LogP contribution in [-0.2, 0) is 11.4 Å². The lowest BCUT2D eigenvalue weighted by atomic mass is 10.2. The summed E-state index contributed by atoms with van der Waals surface area (Å²) in [6.07, 6.45) is 1.89. The number of amidine groups is 1. The van der Waals surface area contributed by atoms with Crippen molar-refractivity contribution < 1.29 is 9.53 Å². The normalized spacial score (nSPS) is 15.9. The summed E-state index contributed by atoms with van der Waals surface area (Å²) in [5.74, 6) is 0.724. The molecule has 4 nitrogen and oxygen atoms in total. The third-order valence-corrected chi connectivity index (χ3v) is 7.76. The number of aryl methyl sites for hydroxylation is 1. The lowest BCUT2D eigenvalue weighted by molar-refractivity contribution is -0.115. The number of nitrogens with one attached hydrogen (secondary N) is 1. The van der Waals surface area contributed by atoms with Crippen LogP contribution < -0.4 is 10.1 Å². The van der Waals surface area contributed by atoms with E-state index in [1.165, 1.54) is 20.9 Å². The van der Waals surface area contributed by atoms with Gasteiger partial charge < -0.3 is 10.1 Å². The van der Waals surface area contributed by atoms with Crippen molar-refractivity contribution in [2.75, 3.05) is 0 Å². The van der Waals surface area contributed by atoms with Crippen molar-refractivity contribution in [3.63, 3.8) is 0 Å². The first-order valence-electron chi connectivity index (χ1n) is 9.60. The number of hydrogen-bond acceptors (Lipinski definition) is 4. The molecule has 3 aromatic rings. The minimum atomic E-state index is -0.134. The number of benzene rings is 3. The molecule has 0 saturated carbocycles. The number of carbonyl (C=O) groups excluding carboxylic acids is 1. The Morgan fingerprint density at radius 2 is 1.66 bits per heavy atom. The van der Waals surface area contributed by atoms with Crippen molar-refractivity contribution in [1.29, 1.82) is 0 Å². The van der Waals surface area contributed by atoms with Crippen LogP contribution in [0.3, 0.4) is 0 Å². The Balaban J connectivity index is 1.49. The van der Waals surface area contributed by atoms with E-state index in [0.717, 1.165) is 29.7 Å². The Labute approximate surface area is 232 Å². The molecule has 162 valence electrons. The van der Waals surface area contributed by atoms with Crippen molar-refractivity contribution >= 4 is 102 Å². The number of amides is 1. The molecule has 1 aliphatic rings. The van der Waals surface area contributed by atoms with Gasteiger partial charge in [-0.15, -0.1) is 0 Å². The van der Waals surface area contributed by atoms with Crippen molar-refractivity contribution in [3.8, 4) is 5.75 Å². The van der Waals surface area contributed by atoms with E-state index in [4.69, 9.17) is 4.74 Å². The number of nitrogens with zero attached hydrogens (tertiary/aromatic N) is 1. The highest BCUT2D eigenvalue weighted by molar-refractivity contribution is 14.1. The molecule has 0 aromatic heterocycles. The van der Waals surface area contributed by atoms with Gasteiger partial charge in [0, 0.05) is 3.57 Å². The van der Waals surface area contributed by atoms with E-state index >= 15 is 0 Å². The van der Waals surface area contributed by atoms with Crippen LogP contribution >= 0.6 is 79.5 Å². The van der Waals surface area contributed by atoms with Gasteiger partial charge >= 0.3 is 0 Å². The average molecular weight is 778 g/mol. The first kappa shape index (κ1) is 24.0. The minimum Gasteiger partial charge on any atom is -0.487 e. The fourth-order valence-electron chi connectivity index (χ4n) is 2.91. The number of halogens is 3. The van der Waals surface area contributed by atoms with Gasteiger partial charge in [-0.3, -0.25) is 4.79 Å². The predicted molar refractivity (Wildman–Crippen MR) is 157 cm³/mol. The number of carbonyl (C=O) groups is 1. The van der Waals surface area contributed by atoms with Crippen LogP contribution in [-0.4, -0.2) is 11.1 Å². The van der Waals surface area contributed by atoms with Gasteiger partial charge in [-0.2, -0.15) is 0 Å². The van der Waals surface area contributed by atoms with Crippen LogP contribution in [0.25, 0.3) is 6.08 Å². The molecule has 32 heavy (non-hydrogen) atoms. The second-order valence-corrected chi connectivity index (χ2v) is 11.6. The molecule has 0 atom stereocenters. The highest BCUT2D eigenvalue weighted by atomic mass is 127. The molecule has 0 aliphatic carbocycles. The summed E-state index contributed by atoms with van der Waals surface area (Å²) in [4.78, 5) is 17.6. The van der Waals surface area contributed by atoms with Crippen LogP contribution in [0.2, 0.25) is 0 Å². The summed E-state index contributed by atoms with van der Waals surface area (Å²) in [5, 5.41) is 3.44. The SMILES string of the molecule is Cc1ccc(N=C2NC(=O)/C(=C\c3cc(I)c(OCc4ccc(I)cc4)c(I)c3)S2)cc1. The molecule has 1 N–H and O–H groups in total. The predicted octanol–water partition coefficient (Wildman–Crippen LogP) is 7.28. The van der Waals surface area contributed by atoms with Gasteiger partial charge in [0.2, 0.25) is 0 Å². The Kier molecular flexibility index (Phi) is 8.16. The molecule has 1 aliphatic heterocycles. The molecule has 4 rings (SSSR count). The molecule has 0 radical (unpaired) electrons. The van der Waals surface area contributed by atoms with Crippen LogP contribution in [0, 0.1) is 17.6 Å². The molecule has 8 heteroatoms. The van der Waals surface area contributed by atoms with E-state index in [1.807, 2.05) is 49.4 Å². The van der Waals surface area contributed by atoms with Gasteiger partial charge in [0.05, 0.1) is 17.7 Å². The summed E-state index contributed by atoms with van der Waals surface area (Å²) >= 11 is 8.21. The van der Waals surface area contributed by atoms with Gasteiger partial charge in [0.15, 0.2) is 5.17 Å². The van der Waals surface area contributed by atoms with Gasteiger partial charge in [0.25, 0.3) is 5.91 Å². The Morgan fingerprint density at radius 1 is 1.00 bits per heavy atom. The maximum Gasteiger partial charge on any atom is 0.264 e. The summed E-state index contributed by atoms with van der Waals surface area (Å²) in [6, 6.07) is 20.2. The zero-order valence-electron chi connectivity index (χ0n) is 16.9. The zero-order valence-corrected chi connectivity index (χ0v) is 24.2. The third kappa shape index (κ3) is 6.26. The smallest absolute Gasteiger partial charge is 0.264 e. The molecule has 1 fully saturated rings. The summed E-state index contributed by atoms with van der Waals surface area (Å²) < 4.78 is 9.30. The number of aliphatic imine (C=N–C) groups is 1.